The molecule has 0 aromatic carbocycles. The second-order valence-electron chi connectivity index (χ2n) is 5.61. The minimum atomic E-state index is -5.44. The standard InChI is InChI=1S/C9H22NO15P3/c10-2-1-3-22-28(20,21)25-7-4(11)5(12)8(23-26(14,15)16)9(6(7)13)24-27(17,18)19/h4-9,11-13H,1-3,10H2,(H,20,21)(H2,14,15,16)(H2,17,18,19)/t4-,5-,6-,7-,8+,9+/m0/s1. The Labute approximate surface area is 157 Å². The van der Waals surface area contributed by atoms with Crippen LogP contribution in [0.4, 0.5) is 0 Å². The summed E-state index contributed by atoms with van der Waals surface area (Å²) in [7, 11) is -15.8. The molecule has 1 unspecified atom stereocenters. The fourth-order valence-corrected chi connectivity index (χ4v) is 4.40. The lowest BCUT2D eigenvalue weighted by atomic mass is 9.85. The van der Waals surface area contributed by atoms with Crippen LogP contribution in [-0.4, -0.2) is 89.6 Å². The van der Waals surface area contributed by atoms with Crippen molar-refractivity contribution in [2.75, 3.05) is 13.2 Å². The van der Waals surface area contributed by atoms with Gasteiger partial charge in [-0.25, -0.2) is 13.7 Å². The number of aliphatic hydroxyl groups excluding tert-OH is 3. The Bertz CT molecular complexity index is 649. The summed E-state index contributed by atoms with van der Waals surface area (Å²) in [6.45, 7) is -0.273. The van der Waals surface area contributed by atoms with Gasteiger partial charge in [0.05, 0.1) is 6.61 Å². The highest BCUT2D eigenvalue weighted by molar-refractivity contribution is 7.47. The molecule has 7 atom stereocenters. The highest BCUT2D eigenvalue weighted by atomic mass is 31.2. The number of phosphoric ester groups is 3. The first-order valence-electron chi connectivity index (χ1n) is 7.46. The first-order chi connectivity index (χ1) is 12.6. The van der Waals surface area contributed by atoms with Crippen LogP contribution in [0.15, 0.2) is 0 Å². The second-order valence-corrected chi connectivity index (χ2v) is 9.40. The number of aliphatic hydroxyl groups is 3. The predicted molar refractivity (Wildman–Crippen MR) is 86.2 cm³/mol. The van der Waals surface area contributed by atoms with Gasteiger partial charge < -0.3 is 45.5 Å². The molecule has 0 aromatic heterocycles. The van der Waals surface area contributed by atoms with Crippen molar-refractivity contribution < 1.29 is 71.6 Å². The Hall–Kier alpha value is 0.170. The maximum absolute atomic E-state index is 11.9. The van der Waals surface area contributed by atoms with Gasteiger partial charge in [-0.3, -0.25) is 18.1 Å². The molecule has 0 radical (unpaired) electrons. The molecule has 0 aliphatic heterocycles. The lowest BCUT2D eigenvalue weighted by Crippen LogP contribution is -2.65. The third-order valence-electron chi connectivity index (χ3n) is 3.40. The molecule has 0 spiro atoms. The van der Waals surface area contributed by atoms with Crippen molar-refractivity contribution in [3.05, 3.63) is 0 Å². The second kappa shape index (κ2) is 9.98. The van der Waals surface area contributed by atoms with Gasteiger partial charge in [0.1, 0.15) is 36.6 Å². The van der Waals surface area contributed by atoms with Crippen LogP contribution in [0.5, 0.6) is 0 Å². The average Bonchev–Trinajstić information content (AvgIpc) is 2.51. The van der Waals surface area contributed by atoms with E-state index in [1.54, 1.807) is 0 Å². The van der Waals surface area contributed by atoms with Gasteiger partial charge in [0.2, 0.25) is 0 Å². The van der Waals surface area contributed by atoms with Crippen LogP contribution < -0.4 is 5.73 Å². The SMILES string of the molecule is NCCCOP(=O)(O)O[C@H]1[C@@H](O)[C@H](O)[C@@H](OP(=O)(O)O)[C@H](OP(=O)(O)O)[C@H]1O. The molecule has 10 N–H and O–H groups in total. The monoisotopic (exact) mass is 477 g/mol. The summed E-state index contributed by atoms with van der Waals surface area (Å²) >= 11 is 0. The van der Waals surface area contributed by atoms with E-state index in [1.165, 1.54) is 0 Å². The molecule has 16 nitrogen and oxygen atoms in total. The largest absolute Gasteiger partial charge is 0.472 e. The smallest absolute Gasteiger partial charge is 0.387 e. The summed E-state index contributed by atoms with van der Waals surface area (Å²) in [6, 6.07) is 0. The van der Waals surface area contributed by atoms with Crippen LogP contribution >= 0.6 is 23.5 Å². The summed E-state index contributed by atoms with van der Waals surface area (Å²) in [5, 5.41) is 30.2. The molecule has 0 bridgehead atoms. The Morgan fingerprint density at radius 1 is 0.714 bits per heavy atom. The zero-order valence-corrected chi connectivity index (χ0v) is 16.6. The van der Waals surface area contributed by atoms with Crippen LogP contribution in [0.25, 0.3) is 0 Å². The maximum Gasteiger partial charge on any atom is 0.472 e. The minimum Gasteiger partial charge on any atom is -0.387 e. The molecular weight excluding hydrogens is 455 g/mol. The minimum absolute atomic E-state index is 0.0903. The Morgan fingerprint density at radius 2 is 1.14 bits per heavy atom. The van der Waals surface area contributed by atoms with Crippen molar-refractivity contribution in [1.82, 2.24) is 0 Å². The molecule has 1 aliphatic carbocycles. The van der Waals surface area contributed by atoms with Gasteiger partial charge >= 0.3 is 23.5 Å². The van der Waals surface area contributed by atoms with E-state index in [1.807, 2.05) is 0 Å². The molecule has 1 saturated carbocycles. The molecule has 168 valence electrons. The van der Waals surface area contributed by atoms with Crippen molar-refractivity contribution in [1.29, 1.82) is 0 Å². The highest BCUT2D eigenvalue weighted by Gasteiger charge is 2.56. The summed E-state index contributed by atoms with van der Waals surface area (Å²) in [4.78, 5) is 45.2. The number of nitrogens with two attached hydrogens (primary N) is 1. The van der Waals surface area contributed by atoms with Crippen molar-refractivity contribution in [3.63, 3.8) is 0 Å². The number of hydrogen-bond acceptors (Lipinski definition) is 11. The first kappa shape index (κ1) is 26.2. The van der Waals surface area contributed by atoms with Crippen molar-refractivity contribution in [2.24, 2.45) is 5.73 Å². The third-order valence-corrected chi connectivity index (χ3v) is 5.45. The van der Waals surface area contributed by atoms with Crippen LogP contribution in [0, 0.1) is 0 Å². The Balaban J connectivity index is 3.13. The molecule has 0 aromatic rings. The van der Waals surface area contributed by atoms with Gasteiger partial charge in [-0.05, 0) is 13.0 Å². The van der Waals surface area contributed by atoms with E-state index < -0.39 is 60.1 Å². The van der Waals surface area contributed by atoms with Gasteiger partial charge in [0, 0.05) is 0 Å². The Kier molecular flexibility index (Phi) is 9.34. The van der Waals surface area contributed by atoms with E-state index in [0.29, 0.717) is 0 Å². The summed E-state index contributed by atoms with van der Waals surface area (Å²) < 4.78 is 51.4. The van der Waals surface area contributed by atoms with E-state index in [0.717, 1.165) is 0 Å². The number of phosphoric acid groups is 3. The normalized spacial score (nSPS) is 34.2. The molecule has 1 rings (SSSR count). The van der Waals surface area contributed by atoms with Crippen LogP contribution in [-0.2, 0) is 31.8 Å². The topological polar surface area (TPSA) is 276 Å². The predicted octanol–water partition coefficient (Wildman–Crippen LogP) is -3.11. The molecule has 28 heavy (non-hydrogen) atoms. The molecule has 1 fully saturated rings. The zero-order valence-electron chi connectivity index (χ0n) is 13.9. The summed E-state index contributed by atoms with van der Waals surface area (Å²) in [6.07, 6.45) is -13.9. The molecule has 0 heterocycles. The van der Waals surface area contributed by atoms with Crippen molar-refractivity contribution in [2.45, 2.75) is 43.0 Å². The van der Waals surface area contributed by atoms with Gasteiger partial charge in [0.25, 0.3) is 0 Å². The van der Waals surface area contributed by atoms with Gasteiger partial charge in [-0.2, -0.15) is 0 Å². The van der Waals surface area contributed by atoms with Crippen molar-refractivity contribution in [3.8, 4) is 0 Å². The van der Waals surface area contributed by atoms with E-state index >= 15 is 0 Å². The number of hydrogen-bond donors (Lipinski definition) is 9. The van der Waals surface area contributed by atoms with Crippen LogP contribution in [0.1, 0.15) is 6.42 Å². The Morgan fingerprint density at radius 3 is 1.57 bits per heavy atom. The van der Waals surface area contributed by atoms with Gasteiger partial charge in [-0.15, -0.1) is 0 Å². The van der Waals surface area contributed by atoms with Crippen LogP contribution in [0.3, 0.4) is 0 Å². The number of rotatable bonds is 10. The summed E-state index contributed by atoms with van der Waals surface area (Å²) in [5.41, 5.74) is 5.17. The first-order valence-corrected chi connectivity index (χ1v) is 12.0. The van der Waals surface area contributed by atoms with E-state index in [4.69, 9.17) is 25.3 Å². The van der Waals surface area contributed by atoms with E-state index in [2.05, 4.69) is 18.1 Å². The molecule has 19 heteroatoms. The molecule has 1 aliphatic rings. The van der Waals surface area contributed by atoms with E-state index in [-0.39, 0.29) is 19.6 Å². The summed E-state index contributed by atoms with van der Waals surface area (Å²) in [5.74, 6) is 0. The molecule has 0 saturated heterocycles. The zero-order chi connectivity index (χ0) is 21.9. The van der Waals surface area contributed by atoms with Gasteiger partial charge in [-0.1, -0.05) is 0 Å². The van der Waals surface area contributed by atoms with Gasteiger partial charge in [0.15, 0.2) is 0 Å². The lowest BCUT2D eigenvalue weighted by Gasteiger charge is -2.44. The maximum atomic E-state index is 11.9. The quantitative estimate of drug-likeness (QED) is 0.111. The average molecular weight is 477 g/mol. The fourth-order valence-electron chi connectivity index (χ4n) is 2.30. The highest BCUT2D eigenvalue weighted by Crippen LogP contribution is 2.50. The fraction of sp³-hybridized carbons (Fsp3) is 1.00. The third kappa shape index (κ3) is 8.13. The lowest BCUT2D eigenvalue weighted by molar-refractivity contribution is -0.212. The molecule has 0 amide bonds. The molecular formula is C9H22NO15P3. The van der Waals surface area contributed by atoms with Crippen molar-refractivity contribution >= 4 is 23.5 Å². The van der Waals surface area contributed by atoms with E-state index in [9.17, 15) is 33.9 Å². The van der Waals surface area contributed by atoms with Crippen LogP contribution in [0.2, 0.25) is 0 Å².